The Morgan fingerprint density at radius 1 is 1.33 bits per heavy atom. The third-order valence-electron chi connectivity index (χ3n) is 3.44. The van der Waals surface area contributed by atoms with E-state index in [1.165, 1.54) is 9.80 Å². The van der Waals surface area contributed by atoms with E-state index in [1.807, 2.05) is 6.92 Å². The summed E-state index contributed by atoms with van der Waals surface area (Å²) in [6, 6.07) is 2.14. The predicted molar refractivity (Wildman–Crippen MR) is 67.5 cm³/mol. The predicted octanol–water partition coefficient (Wildman–Crippen LogP) is 1.01. The Labute approximate surface area is 108 Å². The van der Waals surface area contributed by atoms with Crippen LogP contribution in [0.25, 0.3) is 0 Å². The summed E-state index contributed by atoms with van der Waals surface area (Å²) in [5.41, 5.74) is -0.859. The lowest BCUT2D eigenvalue weighted by Crippen LogP contribution is -2.50. The molecule has 1 fully saturated rings. The van der Waals surface area contributed by atoms with Gasteiger partial charge in [-0.2, -0.15) is 5.26 Å². The Morgan fingerprint density at radius 2 is 1.94 bits per heavy atom. The number of likely N-dealkylation sites (N-methyl/N-ethyl adjacent to an activating group) is 1. The lowest BCUT2D eigenvalue weighted by molar-refractivity contribution is -0.147. The van der Waals surface area contributed by atoms with Crippen molar-refractivity contribution in [2.24, 2.45) is 5.41 Å². The average Bonchev–Trinajstić information content (AvgIpc) is 2.27. The summed E-state index contributed by atoms with van der Waals surface area (Å²) in [6.45, 7) is 2.56. The highest BCUT2D eigenvalue weighted by Crippen LogP contribution is 2.41. The monoisotopic (exact) mass is 251 g/mol. The van der Waals surface area contributed by atoms with Gasteiger partial charge in [0.05, 0.1) is 12.6 Å². The minimum atomic E-state index is -0.859. The molecular formula is C13H21N3O2. The molecule has 5 nitrogen and oxygen atoms in total. The first kappa shape index (κ1) is 14.5. The van der Waals surface area contributed by atoms with Crippen LogP contribution in [0.2, 0.25) is 0 Å². The summed E-state index contributed by atoms with van der Waals surface area (Å²) >= 11 is 0. The van der Waals surface area contributed by atoms with Crippen LogP contribution in [0, 0.1) is 16.7 Å². The van der Waals surface area contributed by atoms with Crippen LogP contribution in [0.1, 0.15) is 32.6 Å². The highest BCUT2D eigenvalue weighted by atomic mass is 16.2. The highest BCUT2D eigenvalue weighted by Gasteiger charge is 2.47. The van der Waals surface area contributed by atoms with Crippen molar-refractivity contribution >= 4 is 11.8 Å². The number of amides is 2. The molecule has 2 amide bonds. The van der Waals surface area contributed by atoms with E-state index in [-0.39, 0.29) is 18.4 Å². The Kier molecular flexibility index (Phi) is 4.71. The van der Waals surface area contributed by atoms with Gasteiger partial charge in [-0.3, -0.25) is 9.59 Å². The Balaban J connectivity index is 2.76. The second kappa shape index (κ2) is 5.85. The molecule has 0 heterocycles. The number of hydrogen-bond donors (Lipinski definition) is 0. The molecule has 0 aliphatic heterocycles. The fourth-order valence-corrected chi connectivity index (χ4v) is 2.03. The summed E-state index contributed by atoms with van der Waals surface area (Å²) < 4.78 is 0. The molecule has 0 aromatic rings. The molecule has 0 bridgehead atoms. The number of nitrogens with zero attached hydrogens (tertiary/aromatic N) is 3. The van der Waals surface area contributed by atoms with Gasteiger partial charge < -0.3 is 9.80 Å². The molecule has 5 heteroatoms. The van der Waals surface area contributed by atoms with Crippen LogP contribution in [0.4, 0.5) is 0 Å². The number of nitriles is 1. The number of carbonyl (C=O) groups excluding carboxylic acids is 2. The summed E-state index contributed by atoms with van der Waals surface area (Å²) in [7, 11) is 3.33. The zero-order valence-electron chi connectivity index (χ0n) is 11.4. The summed E-state index contributed by atoms with van der Waals surface area (Å²) in [6.07, 6.45) is 2.95. The summed E-state index contributed by atoms with van der Waals surface area (Å²) in [5.74, 6) is -0.280. The van der Waals surface area contributed by atoms with Crippen molar-refractivity contribution in [1.29, 1.82) is 5.26 Å². The Morgan fingerprint density at radius 3 is 2.28 bits per heavy atom. The van der Waals surface area contributed by atoms with Gasteiger partial charge in [0.1, 0.15) is 5.41 Å². The maximum Gasteiger partial charge on any atom is 0.243 e. The molecule has 0 unspecified atom stereocenters. The summed E-state index contributed by atoms with van der Waals surface area (Å²) in [5, 5.41) is 9.17. The van der Waals surface area contributed by atoms with Crippen molar-refractivity contribution < 1.29 is 9.59 Å². The van der Waals surface area contributed by atoms with E-state index in [0.717, 1.165) is 12.8 Å². The molecule has 0 aromatic carbocycles. The van der Waals surface area contributed by atoms with Crippen molar-refractivity contribution in [3.8, 4) is 6.07 Å². The molecule has 18 heavy (non-hydrogen) atoms. The topological polar surface area (TPSA) is 64.4 Å². The highest BCUT2D eigenvalue weighted by molar-refractivity contribution is 5.90. The van der Waals surface area contributed by atoms with Crippen molar-refractivity contribution in [3.63, 3.8) is 0 Å². The van der Waals surface area contributed by atoms with Gasteiger partial charge in [-0.15, -0.1) is 0 Å². The van der Waals surface area contributed by atoms with Crippen LogP contribution in [0.3, 0.4) is 0 Å². The summed E-state index contributed by atoms with van der Waals surface area (Å²) in [4.78, 5) is 27.1. The standard InChI is InChI=1S/C13H21N3O2/c1-4-8-16(9-11(17)15(2)3)12(18)13(10-14)6-5-7-13/h4-9H2,1-3H3. The first-order chi connectivity index (χ1) is 8.46. The first-order valence-electron chi connectivity index (χ1n) is 6.37. The molecule has 1 saturated carbocycles. The maximum atomic E-state index is 12.4. The molecule has 0 saturated heterocycles. The third kappa shape index (κ3) is 2.81. The number of rotatable bonds is 5. The number of carbonyl (C=O) groups is 2. The molecular weight excluding hydrogens is 230 g/mol. The molecule has 0 atom stereocenters. The quantitative estimate of drug-likeness (QED) is 0.732. The third-order valence-corrected chi connectivity index (χ3v) is 3.44. The van der Waals surface area contributed by atoms with E-state index >= 15 is 0 Å². The second-order valence-electron chi connectivity index (χ2n) is 5.06. The van der Waals surface area contributed by atoms with E-state index in [0.29, 0.717) is 19.4 Å². The van der Waals surface area contributed by atoms with Crippen LogP contribution >= 0.6 is 0 Å². The van der Waals surface area contributed by atoms with E-state index in [2.05, 4.69) is 6.07 Å². The molecule has 0 aromatic heterocycles. The van der Waals surface area contributed by atoms with Crippen LogP contribution < -0.4 is 0 Å². The lowest BCUT2D eigenvalue weighted by Gasteiger charge is -2.38. The lowest BCUT2D eigenvalue weighted by atomic mass is 9.69. The fourth-order valence-electron chi connectivity index (χ4n) is 2.03. The molecule has 100 valence electrons. The minimum absolute atomic E-state index is 0.0725. The normalized spacial score (nSPS) is 16.3. The molecule has 0 radical (unpaired) electrons. The average molecular weight is 251 g/mol. The van der Waals surface area contributed by atoms with Crippen LogP contribution in [-0.2, 0) is 9.59 Å². The smallest absolute Gasteiger partial charge is 0.243 e. The van der Waals surface area contributed by atoms with Crippen molar-refractivity contribution in [2.45, 2.75) is 32.6 Å². The van der Waals surface area contributed by atoms with Gasteiger partial charge in [-0.25, -0.2) is 0 Å². The van der Waals surface area contributed by atoms with Gasteiger partial charge in [0, 0.05) is 20.6 Å². The van der Waals surface area contributed by atoms with Crippen molar-refractivity contribution in [3.05, 3.63) is 0 Å². The number of hydrogen-bond acceptors (Lipinski definition) is 3. The van der Waals surface area contributed by atoms with E-state index in [4.69, 9.17) is 0 Å². The molecule has 1 aliphatic rings. The first-order valence-corrected chi connectivity index (χ1v) is 6.37. The SMILES string of the molecule is CCCN(CC(=O)N(C)C)C(=O)C1(C#N)CCC1. The van der Waals surface area contributed by atoms with Gasteiger partial charge in [-0.1, -0.05) is 6.92 Å². The zero-order valence-corrected chi connectivity index (χ0v) is 11.4. The Bertz CT molecular complexity index is 367. The molecule has 1 aliphatic carbocycles. The fraction of sp³-hybridized carbons (Fsp3) is 0.769. The molecule has 1 rings (SSSR count). The van der Waals surface area contributed by atoms with Crippen LogP contribution in [0.15, 0.2) is 0 Å². The maximum absolute atomic E-state index is 12.4. The van der Waals surface area contributed by atoms with Crippen LogP contribution in [-0.4, -0.2) is 48.8 Å². The minimum Gasteiger partial charge on any atom is -0.347 e. The van der Waals surface area contributed by atoms with Crippen molar-refractivity contribution in [1.82, 2.24) is 9.80 Å². The zero-order chi connectivity index (χ0) is 13.8. The van der Waals surface area contributed by atoms with Crippen LogP contribution in [0.5, 0.6) is 0 Å². The van der Waals surface area contributed by atoms with Gasteiger partial charge in [0.2, 0.25) is 11.8 Å². The van der Waals surface area contributed by atoms with Gasteiger partial charge in [0.15, 0.2) is 0 Å². The van der Waals surface area contributed by atoms with E-state index in [1.54, 1.807) is 14.1 Å². The van der Waals surface area contributed by atoms with Gasteiger partial charge in [0.25, 0.3) is 0 Å². The Hall–Kier alpha value is -1.57. The van der Waals surface area contributed by atoms with Crippen molar-refractivity contribution in [2.75, 3.05) is 27.2 Å². The van der Waals surface area contributed by atoms with Gasteiger partial charge >= 0.3 is 0 Å². The van der Waals surface area contributed by atoms with Gasteiger partial charge in [-0.05, 0) is 25.7 Å². The molecule has 0 N–H and O–H groups in total. The second-order valence-corrected chi connectivity index (χ2v) is 5.06. The van der Waals surface area contributed by atoms with E-state index < -0.39 is 5.41 Å². The van der Waals surface area contributed by atoms with E-state index in [9.17, 15) is 14.9 Å². The largest absolute Gasteiger partial charge is 0.347 e. The molecule has 0 spiro atoms.